The third-order valence-corrected chi connectivity index (χ3v) is 5.60. The molecule has 0 aliphatic carbocycles. The van der Waals surface area contributed by atoms with Crippen LogP contribution in [-0.2, 0) is 6.54 Å². The minimum absolute atomic E-state index is 0.0734. The molecule has 6 nitrogen and oxygen atoms in total. The molecular weight excluding hydrogens is 421 g/mol. The summed E-state index contributed by atoms with van der Waals surface area (Å²) in [6, 6.07) is 13.7. The lowest BCUT2D eigenvalue weighted by atomic mass is 9.96. The average molecular weight is 444 g/mol. The highest BCUT2D eigenvalue weighted by Gasteiger charge is 2.47. The second kappa shape index (κ2) is 8.57. The number of carbonyl (C=O) groups excluding carboxylic acids is 1. The minimum Gasteiger partial charge on any atom is -0.497 e. The molecule has 2 atom stereocenters. The van der Waals surface area contributed by atoms with Gasteiger partial charge in [-0.3, -0.25) is 4.79 Å². The molecule has 4 rings (SSSR count). The van der Waals surface area contributed by atoms with Crippen LogP contribution in [0, 0.1) is 0 Å². The van der Waals surface area contributed by atoms with Crippen molar-refractivity contribution in [2.24, 2.45) is 0 Å². The molecule has 1 amide bonds. The van der Waals surface area contributed by atoms with Crippen molar-refractivity contribution < 1.29 is 22.7 Å². The molecule has 2 unspecified atom stereocenters. The van der Waals surface area contributed by atoms with E-state index >= 15 is 0 Å². The molecule has 1 aliphatic rings. The Morgan fingerprint density at radius 2 is 1.88 bits per heavy atom. The van der Waals surface area contributed by atoms with Crippen LogP contribution in [0.1, 0.15) is 40.0 Å². The van der Waals surface area contributed by atoms with Crippen LogP contribution in [-0.4, -0.2) is 40.9 Å². The van der Waals surface area contributed by atoms with Gasteiger partial charge in [-0.25, -0.2) is 4.68 Å². The van der Waals surface area contributed by atoms with E-state index in [9.17, 15) is 18.0 Å². The van der Waals surface area contributed by atoms with Gasteiger partial charge in [0.15, 0.2) is 6.04 Å². The molecule has 9 heteroatoms. The third kappa shape index (κ3) is 4.28. The number of carbonyl (C=O) groups is 1. The average Bonchev–Trinajstić information content (AvgIpc) is 3.21. The van der Waals surface area contributed by atoms with Crippen LogP contribution >= 0.6 is 0 Å². The summed E-state index contributed by atoms with van der Waals surface area (Å²) in [4.78, 5) is 14.6. The highest BCUT2D eigenvalue weighted by atomic mass is 19.4. The number of fused-ring (bicyclic) bond motifs is 1. The van der Waals surface area contributed by atoms with Crippen LogP contribution in [0.15, 0.2) is 60.8 Å². The molecule has 0 fully saturated rings. The number of benzene rings is 2. The highest BCUT2D eigenvalue weighted by Crippen LogP contribution is 2.44. The SMILES string of the molecule is COc1ccc(C2CC(C(F)(F)F)n3ncc(C(=O)N(C)Cc4ccccc4)c3N2)cc1. The smallest absolute Gasteiger partial charge is 0.410 e. The molecule has 1 N–H and O–H groups in total. The quantitative estimate of drug-likeness (QED) is 0.613. The maximum absolute atomic E-state index is 13.9. The third-order valence-electron chi connectivity index (χ3n) is 5.60. The number of nitrogens with zero attached hydrogens (tertiary/aromatic N) is 3. The van der Waals surface area contributed by atoms with Crippen molar-refractivity contribution >= 4 is 11.7 Å². The van der Waals surface area contributed by atoms with Crippen LogP contribution in [0.3, 0.4) is 0 Å². The molecule has 0 radical (unpaired) electrons. The van der Waals surface area contributed by atoms with Gasteiger partial charge in [0.2, 0.25) is 0 Å². The van der Waals surface area contributed by atoms with Crippen LogP contribution in [0.4, 0.5) is 19.0 Å². The minimum atomic E-state index is -4.51. The van der Waals surface area contributed by atoms with Crippen molar-refractivity contribution in [1.82, 2.24) is 14.7 Å². The lowest BCUT2D eigenvalue weighted by Gasteiger charge is -2.34. The Bertz CT molecular complexity index is 1080. The molecule has 1 aromatic heterocycles. The van der Waals surface area contributed by atoms with Gasteiger partial charge in [0.1, 0.15) is 17.1 Å². The van der Waals surface area contributed by atoms with Gasteiger partial charge in [-0.05, 0) is 23.3 Å². The van der Waals surface area contributed by atoms with Crippen molar-refractivity contribution in [1.29, 1.82) is 0 Å². The Balaban J connectivity index is 1.65. The predicted molar refractivity (Wildman–Crippen MR) is 114 cm³/mol. The monoisotopic (exact) mass is 444 g/mol. The number of alkyl halides is 3. The zero-order chi connectivity index (χ0) is 22.9. The van der Waals surface area contributed by atoms with Crippen LogP contribution < -0.4 is 10.1 Å². The van der Waals surface area contributed by atoms with E-state index in [4.69, 9.17) is 4.74 Å². The van der Waals surface area contributed by atoms with Gasteiger partial charge in [0.25, 0.3) is 5.91 Å². The molecule has 0 spiro atoms. The normalized spacial score (nSPS) is 17.9. The van der Waals surface area contributed by atoms with E-state index in [-0.39, 0.29) is 17.8 Å². The number of amides is 1. The number of hydrogen-bond donors (Lipinski definition) is 1. The van der Waals surface area contributed by atoms with E-state index < -0.39 is 24.2 Å². The molecule has 2 heterocycles. The van der Waals surface area contributed by atoms with Crippen molar-refractivity contribution in [2.75, 3.05) is 19.5 Å². The summed E-state index contributed by atoms with van der Waals surface area (Å²) >= 11 is 0. The van der Waals surface area contributed by atoms with Crippen LogP contribution in [0.2, 0.25) is 0 Å². The van der Waals surface area contributed by atoms with Gasteiger partial charge in [0, 0.05) is 20.0 Å². The van der Waals surface area contributed by atoms with Gasteiger partial charge in [0.05, 0.1) is 19.3 Å². The van der Waals surface area contributed by atoms with E-state index in [1.807, 2.05) is 30.3 Å². The maximum atomic E-state index is 13.9. The summed E-state index contributed by atoms with van der Waals surface area (Å²) in [5.41, 5.74) is 1.70. The number of nitrogens with one attached hydrogen (secondary N) is 1. The van der Waals surface area contributed by atoms with Gasteiger partial charge < -0.3 is 15.0 Å². The lowest BCUT2D eigenvalue weighted by Crippen LogP contribution is -2.36. The number of aromatic nitrogens is 2. The van der Waals surface area contributed by atoms with Crippen molar-refractivity contribution in [3.63, 3.8) is 0 Å². The van der Waals surface area contributed by atoms with E-state index in [2.05, 4.69) is 10.4 Å². The Labute approximate surface area is 183 Å². The summed E-state index contributed by atoms with van der Waals surface area (Å²) in [7, 11) is 3.14. The Morgan fingerprint density at radius 1 is 1.19 bits per heavy atom. The largest absolute Gasteiger partial charge is 0.497 e. The van der Waals surface area contributed by atoms with E-state index in [1.54, 1.807) is 31.3 Å². The topological polar surface area (TPSA) is 59.4 Å². The summed E-state index contributed by atoms with van der Waals surface area (Å²) in [6.07, 6.45) is -3.54. The number of halogens is 3. The van der Waals surface area contributed by atoms with Crippen molar-refractivity contribution in [2.45, 2.75) is 31.2 Å². The molecule has 168 valence electrons. The molecule has 3 aromatic rings. The van der Waals surface area contributed by atoms with Crippen LogP contribution in [0.5, 0.6) is 5.75 Å². The number of ether oxygens (including phenoxy) is 1. The zero-order valence-corrected chi connectivity index (χ0v) is 17.6. The second-order valence-corrected chi connectivity index (χ2v) is 7.76. The van der Waals surface area contributed by atoms with Crippen LogP contribution in [0.25, 0.3) is 0 Å². The molecule has 0 saturated carbocycles. The molecule has 0 saturated heterocycles. The second-order valence-electron chi connectivity index (χ2n) is 7.76. The molecule has 32 heavy (non-hydrogen) atoms. The first kappa shape index (κ1) is 21.7. The highest BCUT2D eigenvalue weighted by molar-refractivity contribution is 5.98. The summed E-state index contributed by atoms with van der Waals surface area (Å²) in [5.74, 6) is 0.281. The number of hydrogen-bond acceptors (Lipinski definition) is 4. The fourth-order valence-electron chi connectivity index (χ4n) is 3.91. The van der Waals surface area contributed by atoms with Gasteiger partial charge >= 0.3 is 6.18 Å². The van der Waals surface area contributed by atoms with Gasteiger partial charge in [-0.15, -0.1) is 0 Å². The fourth-order valence-corrected chi connectivity index (χ4v) is 3.91. The summed E-state index contributed by atoms with van der Waals surface area (Å²) < 4.78 is 47.7. The number of anilines is 1. The molecule has 2 aromatic carbocycles. The van der Waals surface area contributed by atoms with Crippen molar-refractivity contribution in [3.05, 3.63) is 77.5 Å². The fraction of sp³-hybridized carbons (Fsp3) is 0.304. The molecular formula is C23H23F3N4O2. The molecule has 0 bridgehead atoms. The van der Waals surface area contributed by atoms with Gasteiger partial charge in [-0.1, -0.05) is 42.5 Å². The maximum Gasteiger partial charge on any atom is 0.410 e. The first-order chi connectivity index (χ1) is 15.3. The van der Waals surface area contributed by atoms with E-state index in [0.717, 1.165) is 10.2 Å². The standard InChI is InChI=1S/C23H23F3N4O2/c1-29(14-15-6-4-3-5-7-15)22(31)18-13-27-30-20(23(24,25)26)12-19(28-21(18)30)16-8-10-17(32-2)11-9-16/h3-11,13,19-20,28H,12,14H2,1-2H3. The molecule has 1 aliphatic heterocycles. The first-order valence-electron chi connectivity index (χ1n) is 10.1. The van der Waals surface area contributed by atoms with Gasteiger partial charge in [-0.2, -0.15) is 18.3 Å². The Kier molecular flexibility index (Phi) is 5.82. The Hall–Kier alpha value is -3.49. The Morgan fingerprint density at radius 3 is 2.50 bits per heavy atom. The lowest BCUT2D eigenvalue weighted by molar-refractivity contribution is -0.173. The number of methoxy groups -OCH3 is 1. The summed E-state index contributed by atoms with van der Waals surface area (Å²) in [5, 5.41) is 7.05. The predicted octanol–water partition coefficient (Wildman–Crippen LogP) is 4.82. The van der Waals surface area contributed by atoms with Crippen molar-refractivity contribution in [3.8, 4) is 5.75 Å². The summed E-state index contributed by atoms with van der Waals surface area (Å²) in [6.45, 7) is 0.328. The first-order valence-corrected chi connectivity index (χ1v) is 10.1. The van der Waals surface area contributed by atoms with E-state index in [0.29, 0.717) is 17.9 Å². The zero-order valence-electron chi connectivity index (χ0n) is 17.6. The number of rotatable bonds is 5. The van der Waals surface area contributed by atoms with E-state index in [1.165, 1.54) is 18.2 Å².